The lowest BCUT2D eigenvalue weighted by Crippen LogP contribution is -2.63. The Labute approximate surface area is 647 Å². The molecule has 0 bridgehead atoms. The predicted molar refractivity (Wildman–Crippen MR) is 421 cm³/mol. The third kappa shape index (κ3) is 22.8. The van der Waals surface area contributed by atoms with Crippen molar-refractivity contribution in [2.45, 2.75) is 252 Å². The SMILES string of the molecule is COCCCn1cc(Cl)c2ccc(C(C)NC3CC3)cc21.COCCCn1cc(Cl)c2ccc([C@@H](C)N(C(=O)[C@H]3CN(C(=O)OC(C)(C)C)CCN3C(=O)OC(C)(C)C)C3CC3)cc21.COCCCn1cc(Cl)c2ccc([C@H](C)N(C(=O)[C@H]3CN(C(=O)OC(C)(C)C)CCN3C(=O)OC(C)(C)C)C3CC3)cc21. The molecule has 5 heterocycles. The van der Waals surface area contributed by atoms with Gasteiger partial charge in [-0.3, -0.25) is 19.4 Å². The molecule has 23 nitrogen and oxygen atoms in total. The van der Waals surface area contributed by atoms with Crippen molar-refractivity contribution in [3.05, 3.63) is 105 Å². The van der Waals surface area contributed by atoms with Gasteiger partial charge >= 0.3 is 24.4 Å². The highest BCUT2D eigenvalue weighted by Gasteiger charge is 2.48. The zero-order chi connectivity index (χ0) is 78.2. The highest BCUT2D eigenvalue weighted by Crippen LogP contribution is 2.41. The third-order valence-electron chi connectivity index (χ3n) is 19.5. The molecule has 3 aromatic heterocycles. The van der Waals surface area contributed by atoms with Gasteiger partial charge in [-0.05, 0) is 197 Å². The summed E-state index contributed by atoms with van der Waals surface area (Å²) in [7, 11) is 5.12. The number of nitrogens with one attached hydrogen (secondary N) is 1. The number of benzene rings is 3. The Bertz CT molecular complexity index is 3860. The number of piperazine rings is 2. The van der Waals surface area contributed by atoms with E-state index in [2.05, 4.69) is 56.3 Å². The highest BCUT2D eigenvalue weighted by molar-refractivity contribution is 6.36. The maximum atomic E-state index is 14.5. The number of fused-ring (bicyclic) bond motifs is 3. The average molecular weight is 1550 g/mol. The standard InChI is InChI=1S/2C32H47ClN4O6.C17H23ClN2O/c2*1-21(22-10-13-24-25(33)19-34(26(24)18-22)14-9-17-41-8)37(23-11-12-23)28(38)27-20-35(29(39)42-31(2,3)4)15-16-36(27)30(40)43-32(5,6)7;1-12(19-14-5-6-14)13-4-7-15-16(18)11-20(17(15)10-13)8-3-9-21-2/h2*10,13,18-19,21,23,27H,9,11-12,14-17,20H2,1-8H3;4,7,10-12,14,19H,3,5-6,8-9H2,1-2H3/t21-,27+;21-,27-;/m01./s1. The minimum absolute atomic E-state index is 0.0277. The number of hydrogen-bond donors (Lipinski definition) is 1. The molecule has 0 spiro atoms. The first kappa shape index (κ1) is 84.0. The summed E-state index contributed by atoms with van der Waals surface area (Å²) in [6.45, 7) is 33.3. The van der Waals surface area contributed by atoms with Crippen LogP contribution in [-0.2, 0) is 62.4 Å². The Balaban J connectivity index is 0.000000196. The second-order valence-corrected chi connectivity index (χ2v) is 34.3. The molecule has 5 atom stereocenters. The largest absolute Gasteiger partial charge is 0.444 e. The second-order valence-electron chi connectivity index (χ2n) is 33.1. The van der Waals surface area contributed by atoms with Crippen LogP contribution in [0.3, 0.4) is 0 Å². The Morgan fingerprint density at radius 1 is 0.449 bits per heavy atom. The van der Waals surface area contributed by atoms with Crippen LogP contribution in [0.4, 0.5) is 19.2 Å². The van der Waals surface area contributed by atoms with Gasteiger partial charge in [-0.25, -0.2) is 19.2 Å². The van der Waals surface area contributed by atoms with Crippen molar-refractivity contribution < 1.29 is 61.9 Å². The summed E-state index contributed by atoms with van der Waals surface area (Å²) >= 11 is 19.5. The summed E-state index contributed by atoms with van der Waals surface area (Å²) in [5, 5.41) is 8.89. The van der Waals surface area contributed by atoms with E-state index in [9.17, 15) is 28.8 Å². The van der Waals surface area contributed by atoms with Crippen molar-refractivity contribution in [3.63, 3.8) is 0 Å². The second kappa shape index (κ2) is 35.8. The summed E-state index contributed by atoms with van der Waals surface area (Å²) in [5.41, 5.74) is 3.66. The van der Waals surface area contributed by atoms with Crippen molar-refractivity contribution in [3.8, 4) is 0 Å². The maximum absolute atomic E-state index is 14.5. The first-order valence-corrected chi connectivity index (χ1v) is 39.2. The molecule has 3 aromatic carbocycles. The van der Waals surface area contributed by atoms with Gasteiger partial charge < -0.3 is 71.8 Å². The number of carbonyl (C=O) groups is 6. The fraction of sp³-hybridized carbons (Fsp3) is 0.630. The third-order valence-corrected chi connectivity index (χ3v) is 20.4. The van der Waals surface area contributed by atoms with Gasteiger partial charge in [0.1, 0.15) is 34.5 Å². The van der Waals surface area contributed by atoms with Crippen LogP contribution >= 0.6 is 34.8 Å². The molecule has 2 saturated heterocycles. The van der Waals surface area contributed by atoms with Crippen LogP contribution in [0.15, 0.2) is 73.2 Å². The summed E-state index contributed by atoms with van der Waals surface area (Å²) in [4.78, 5) is 91.5. The first-order valence-electron chi connectivity index (χ1n) is 38.0. The Hall–Kier alpha value is -6.99. The molecule has 3 aliphatic carbocycles. The molecule has 2 aliphatic heterocycles. The number of nitrogens with zero attached hydrogens (tertiary/aromatic N) is 9. The molecule has 3 saturated carbocycles. The minimum atomic E-state index is -0.907. The summed E-state index contributed by atoms with van der Waals surface area (Å²) in [6.07, 6.45) is 12.6. The van der Waals surface area contributed by atoms with Crippen LogP contribution in [0.2, 0.25) is 15.1 Å². The van der Waals surface area contributed by atoms with E-state index in [-0.39, 0.29) is 75.3 Å². The molecular formula is C81H117Cl3N10O13. The summed E-state index contributed by atoms with van der Waals surface area (Å²) in [6, 6.07) is 17.7. The van der Waals surface area contributed by atoms with Gasteiger partial charge in [-0.2, -0.15) is 0 Å². The fourth-order valence-electron chi connectivity index (χ4n) is 13.8. The summed E-state index contributed by atoms with van der Waals surface area (Å²) in [5.74, 6) is -0.412. The van der Waals surface area contributed by atoms with Crippen molar-refractivity contribution >= 4 is 104 Å². The zero-order valence-electron chi connectivity index (χ0n) is 66.4. The smallest absolute Gasteiger partial charge is 0.411 e. The number of halogens is 3. The summed E-state index contributed by atoms with van der Waals surface area (Å²) < 4.78 is 44.7. The quantitative estimate of drug-likeness (QED) is 0.0467. The average Bonchev–Trinajstić information content (AvgIpc) is 1.74. The number of methoxy groups -OCH3 is 3. The molecule has 1 unspecified atom stereocenters. The first-order chi connectivity index (χ1) is 50.4. The zero-order valence-corrected chi connectivity index (χ0v) is 68.6. The van der Waals surface area contributed by atoms with Gasteiger partial charge in [0, 0.05) is 162 Å². The molecule has 5 fully saturated rings. The maximum Gasteiger partial charge on any atom is 0.411 e. The lowest BCUT2D eigenvalue weighted by molar-refractivity contribution is -0.142. The Morgan fingerprint density at radius 3 is 1.06 bits per heavy atom. The number of carbonyl (C=O) groups excluding carboxylic acids is 6. The van der Waals surface area contributed by atoms with Crippen LogP contribution in [0.5, 0.6) is 0 Å². The molecule has 6 aromatic rings. The van der Waals surface area contributed by atoms with Crippen molar-refractivity contribution in [1.29, 1.82) is 0 Å². The van der Waals surface area contributed by atoms with Crippen LogP contribution < -0.4 is 5.32 Å². The monoisotopic (exact) mass is 1540 g/mol. The fourth-order valence-corrected chi connectivity index (χ4v) is 14.6. The topological polar surface area (TPSA) is 213 Å². The number of hydrogen-bond acceptors (Lipinski definition) is 14. The van der Waals surface area contributed by atoms with E-state index in [1.165, 1.54) is 43.5 Å². The molecule has 6 amide bonds. The van der Waals surface area contributed by atoms with E-state index < -0.39 is 58.9 Å². The van der Waals surface area contributed by atoms with Crippen molar-refractivity contribution in [1.82, 2.24) is 48.4 Å². The molecule has 0 radical (unpaired) electrons. The van der Waals surface area contributed by atoms with Crippen LogP contribution in [0.1, 0.15) is 196 Å². The van der Waals surface area contributed by atoms with E-state index in [4.69, 9.17) is 68.0 Å². The van der Waals surface area contributed by atoms with Crippen LogP contribution in [0, 0.1) is 0 Å². The number of aromatic nitrogens is 3. The van der Waals surface area contributed by atoms with E-state index in [0.29, 0.717) is 35.3 Å². The number of aryl methyl sites for hydroxylation is 3. The van der Waals surface area contributed by atoms with Gasteiger partial charge in [0.25, 0.3) is 0 Å². The Kier molecular flexibility index (Phi) is 28.1. The minimum Gasteiger partial charge on any atom is -0.444 e. The molecule has 5 aliphatic rings. The van der Waals surface area contributed by atoms with E-state index in [1.54, 1.807) is 104 Å². The van der Waals surface area contributed by atoms with Gasteiger partial charge in [0.15, 0.2) is 0 Å². The van der Waals surface area contributed by atoms with Crippen molar-refractivity contribution in [2.24, 2.45) is 0 Å². The predicted octanol–water partition coefficient (Wildman–Crippen LogP) is 16.6. The number of rotatable bonds is 23. The van der Waals surface area contributed by atoms with Gasteiger partial charge in [0.2, 0.25) is 11.8 Å². The lowest BCUT2D eigenvalue weighted by atomic mass is 10.0. The van der Waals surface area contributed by atoms with E-state index in [0.717, 1.165) is 115 Å². The van der Waals surface area contributed by atoms with Gasteiger partial charge in [-0.15, -0.1) is 0 Å². The number of ether oxygens (including phenoxy) is 7. The van der Waals surface area contributed by atoms with E-state index >= 15 is 0 Å². The number of amides is 6. The molecule has 107 heavy (non-hydrogen) atoms. The lowest BCUT2D eigenvalue weighted by Gasteiger charge is -2.43. The molecule has 1 N–H and O–H groups in total. The molecule has 590 valence electrons. The normalized spacial score (nSPS) is 18.1. The molecule has 26 heteroatoms. The van der Waals surface area contributed by atoms with Gasteiger partial charge in [0.05, 0.1) is 40.2 Å². The van der Waals surface area contributed by atoms with Crippen molar-refractivity contribution in [2.75, 3.05) is 80.4 Å². The van der Waals surface area contributed by atoms with Crippen LogP contribution in [-0.4, -0.2) is 212 Å². The molecular weight excluding hydrogens is 1430 g/mol. The van der Waals surface area contributed by atoms with Gasteiger partial charge in [-0.1, -0.05) is 71.2 Å². The molecule has 11 rings (SSSR count). The van der Waals surface area contributed by atoms with E-state index in [1.807, 2.05) is 66.5 Å². The highest BCUT2D eigenvalue weighted by atomic mass is 35.5. The van der Waals surface area contributed by atoms with Crippen LogP contribution in [0.25, 0.3) is 32.7 Å². The Morgan fingerprint density at radius 2 is 0.757 bits per heavy atom.